The molecule has 5 heteroatoms. The number of benzene rings is 1. The number of likely N-dealkylation sites (tertiary alicyclic amines) is 1. The number of carbonyl (C=O) groups is 1. The Bertz CT molecular complexity index is 407. The molecule has 1 saturated heterocycles. The summed E-state index contributed by atoms with van der Waals surface area (Å²) in [6.07, 6.45) is 1.02. The molecular weight excluding hydrogens is 214 g/mol. The van der Waals surface area contributed by atoms with Crippen molar-refractivity contribution in [1.82, 2.24) is 4.90 Å². The second-order valence-electron chi connectivity index (χ2n) is 3.88. The number of anilines is 1. The highest BCUT2D eigenvalue weighted by atomic mass is 19.1. The largest absolute Gasteiger partial charge is 0.394 e. The van der Waals surface area contributed by atoms with E-state index in [1.54, 1.807) is 4.90 Å². The monoisotopic (exact) mass is 226 g/mol. The Kier molecular flexibility index (Phi) is 2.77. The lowest BCUT2D eigenvalue weighted by molar-refractivity contribution is -0.133. The van der Waals surface area contributed by atoms with E-state index in [1.807, 2.05) is 0 Å². The summed E-state index contributed by atoms with van der Waals surface area (Å²) < 4.78 is 26.2. The molecule has 0 saturated carbocycles. The second-order valence-corrected chi connectivity index (χ2v) is 3.88. The third kappa shape index (κ3) is 1.98. The fourth-order valence-corrected chi connectivity index (χ4v) is 1.59. The Morgan fingerprint density at radius 3 is 2.31 bits per heavy atom. The van der Waals surface area contributed by atoms with Crippen molar-refractivity contribution in [2.45, 2.75) is 12.8 Å². The highest BCUT2D eigenvalue weighted by molar-refractivity contribution is 5.79. The summed E-state index contributed by atoms with van der Waals surface area (Å²) in [7, 11) is 0. The van der Waals surface area contributed by atoms with Crippen molar-refractivity contribution in [2.75, 3.05) is 18.8 Å². The number of nitrogens with two attached hydrogens (primary N) is 1. The highest BCUT2D eigenvalue weighted by Crippen LogP contribution is 2.18. The Morgan fingerprint density at radius 1 is 1.31 bits per heavy atom. The SMILES string of the molecule is Nc1c(F)cc(CC(=O)N2CCC2)cc1F. The molecule has 1 amide bonds. The minimum Gasteiger partial charge on any atom is -0.394 e. The van der Waals surface area contributed by atoms with Gasteiger partial charge in [-0.2, -0.15) is 0 Å². The lowest BCUT2D eigenvalue weighted by Gasteiger charge is -2.30. The van der Waals surface area contributed by atoms with Crippen molar-refractivity contribution >= 4 is 11.6 Å². The zero-order valence-electron chi connectivity index (χ0n) is 8.67. The fourth-order valence-electron chi connectivity index (χ4n) is 1.59. The molecule has 0 bridgehead atoms. The van der Waals surface area contributed by atoms with E-state index in [9.17, 15) is 13.6 Å². The van der Waals surface area contributed by atoms with E-state index in [-0.39, 0.29) is 12.3 Å². The van der Waals surface area contributed by atoms with Crippen LogP contribution in [0, 0.1) is 11.6 Å². The van der Waals surface area contributed by atoms with Gasteiger partial charge >= 0.3 is 0 Å². The molecule has 0 atom stereocenters. The molecule has 1 aromatic rings. The van der Waals surface area contributed by atoms with E-state index in [1.165, 1.54) is 0 Å². The summed E-state index contributed by atoms with van der Waals surface area (Å²) in [4.78, 5) is 13.2. The van der Waals surface area contributed by atoms with Gasteiger partial charge in [0.15, 0.2) is 0 Å². The molecule has 1 aliphatic rings. The number of hydrogen-bond acceptors (Lipinski definition) is 2. The van der Waals surface area contributed by atoms with Crippen LogP contribution in [0.15, 0.2) is 12.1 Å². The number of carbonyl (C=O) groups excluding carboxylic acids is 1. The van der Waals surface area contributed by atoms with Gasteiger partial charge in [-0.05, 0) is 24.1 Å². The van der Waals surface area contributed by atoms with E-state index in [4.69, 9.17) is 5.73 Å². The first-order valence-corrected chi connectivity index (χ1v) is 5.09. The van der Waals surface area contributed by atoms with E-state index in [0.29, 0.717) is 5.56 Å². The first kappa shape index (κ1) is 10.9. The van der Waals surface area contributed by atoms with Gasteiger partial charge in [-0.3, -0.25) is 4.79 Å². The Balaban J connectivity index is 2.12. The molecule has 0 unspecified atom stereocenters. The van der Waals surface area contributed by atoms with Crippen molar-refractivity contribution in [1.29, 1.82) is 0 Å². The Morgan fingerprint density at radius 2 is 1.88 bits per heavy atom. The number of halogens is 2. The minimum atomic E-state index is -0.814. The topological polar surface area (TPSA) is 46.3 Å². The normalized spacial score (nSPS) is 14.8. The lowest BCUT2D eigenvalue weighted by Crippen LogP contribution is -2.42. The number of amides is 1. The van der Waals surface area contributed by atoms with Crippen molar-refractivity contribution in [3.63, 3.8) is 0 Å². The fraction of sp³-hybridized carbons (Fsp3) is 0.364. The average molecular weight is 226 g/mol. The van der Waals surface area contributed by atoms with Crippen LogP contribution in [0.2, 0.25) is 0 Å². The molecule has 16 heavy (non-hydrogen) atoms. The van der Waals surface area contributed by atoms with E-state index in [0.717, 1.165) is 31.6 Å². The molecule has 0 spiro atoms. The first-order chi connectivity index (χ1) is 7.58. The minimum absolute atomic E-state index is 0.0219. The van der Waals surface area contributed by atoms with Crippen LogP contribution in [0.25, 0.3) is 0 Å². The smallest absolute Gasteiger partial charge is 0.226 e. The summed E-state index contributed by atoms with van der Waals surface area (Å²) >= 11 is 0. The molecule has 0 aliphatic carbocycles. The molecule has 1 fully saturated rings. The predicted molar refractivity (Wildman–Crippen MR) is 55.7 cm³/mol. The van der Waals surface area contributed by atoms with E-state index >= 15 is 0 Å². The molecule has 0 aromatic heterocycles. The van der Waals surface area contributed by atoms with Crippen LogP contribution >= 0.6 is 0 Å². The molecule has 2 N–H and O–H groups in total. The molecule has 86 valence electrons. The van der Waals surface area contributed by atoms with Gasteiger partial charge in [-0.25, -0.2) is 8.78 Å². The predicted octanol–water partition coefficient (Wildman–Crippen LogP) is 1.32. The van der Waals surface area contributed by atoms with Crippen LogP contribution in [0.3, 0.4) is 0 Å². The van der Waals surface area contributed by atoms with Crippen LogP contribution in [0.4, 0.5) is 14.5 Å². The summed E-state index contributed by atoms with van der Waals surface area (Å²) in [5.74, 6) is -1.73. The maximum atomic E-state index is 13.1. The van der Waals surface area contributed by atoms with Gasteiger partial charge in [0.05, 0.1) is 6.42 Å². The van der Waals surface area contributed by atoms with E-state index in [2.05, 4.69) is 0 Å². The molecule has 0 radical (unpaired) electrons. The first-order valence-electron chi connectivity index (χ1n) is 5.09. The molecule has 3 nitrogen and oxygen atoms in total. The number of nitrogen functional groups attached to an aromatic ring is 1. The summed E-state index contributed by atoms with van der Waals surface area (Å²) in [6, 6.07) is 2.21. The van der Waals surface area contributed by atoms with Crippen LogP contribution in [0.5, 0.6) is 0 Å². The van der Waals surface area contributed by atoms with Gasteiger partial charge in [0.25, 0.3) is 0 Å². The zero-order chi connectivity index (χ0) is 11.7. The van der Waals surface area contributed by atoms with Gasteiger partial charge in [0.1, 0.15) is 17.3 Å². The maximum Gasteiger partial charge on any atom is 0.226 e. The van der Waals surface area contributed by atoms with Crippen LogP contribution in [0.1, 0.15) is 12.0 Å². The standard InChI is InChI=1S/C11H12F2N2O/c12-8-4-7(5-9(13)11(8)14)6-10(16)15-2-1-3-15/h4-5H,1-3,6,14H2. The van der Waals surface area contributed by atoms with Crippen molar-refractivity contribution in [3.05, 3.63) is 29.3 Å². The Labute approximate surface area is 91.8 Å². The number of rotatable bonds is 2. The summed E-state index contributed by atoms with van der Waals surface area (Å²) in [6.45, 7) is 1.47. The third-order valence-corrected chi connectivity index (χ3v) is 2.70. The molecule has 1 heterocycles. The lowest BCUT2D eigenvalue weighted by atomic mass is 10.1. The molecule has 2 rings (SSSR count). The molecular formula is C11H12F2N2O. The quantitative estimate of drug-likeness (QED) is 0.773. The number of hydrogen-bond donors (Lipinski definition) is 1. The van der Waals surface area contributed by atoms with Gasteiger partial charge in [0.2, 0.25) is 5.91 Å². The summed E-state index contributed by atoms with van der Waals surface area (Å²) in [5.41, 5.74) is 4.95. The van der Waals surface area contributed by atoms with Gasteiger partial charge in [-0.1, -0.05) is 0 Å². The Hall–Kier alpha value is -1.65. The van der Waals surface area contributed by atoms with Gasteiger partial charge < -0.3 is 10.6 Å². The third-order valence-electron chi connectivity index (χ3n) is 2.70. The molecule has 1 aliphatic heterocycles. The number of nitrogens with zero attached hydrogens (tertiary/aromatic N) is 1. The van der Waals surface area contributed by atoms with Gasteiger partial charge in [-0.15, -0.1) is 0 Å². The van der Waals surface area contributed by atoms with Crippen molar-refractivity contribution in [3.8, 4) is 0 Å². The van der Waals surface area contributed by atoms with E-state index < -0.39 is 17.3 Å². The van der Waals surface area contributed by atoms with Crippen LogP contribution in [-0.4, -0.2) is 23.9 Å². The van der Waals surface area contributed by atoms with Gasteiger partial charge in [0, 0.05) is 13.1 Å². The molecule has 1 aromatic carbocycles. The van der Waals surface area contributed by atoms with Crippen molar-refractivity contribution in [2.24, 2.45) is 0 Å². The van der Waals surface area contributed by atoms with Crippen molar-refractivity contribution < 1.29 is 13.6 Å². The summed E-state index contributed by atoms with van der Waals surface area (Å²) in [5, 5.41) is 0. The van der Waals surface area contributed by atoms with Crippen LogP contribution in [-0.2, 0) is 11.2 Å². The van der Waals surface area contributed by atoms with Crippen LogP contribution < -0.4 is 5.73 Å². The average Bonchev–Trinajstić information content (AvgIpc) is 2.10. The second kappa shape index (κ2) is 4.08. The zero-order valence-corrected chi connectivity index (χ0v) is 8.67. The highest BCUT2D eigenvalue weighted by Gasteiger charge is 2.20. The maximum absolute atomic E-state index is 13.1.